The van der Waals surface area contributed by atoms with E-state index in [1.54, 1.807) is 6.07 Å². The molecule has 1 heterocycles. The van der Waals surface area contributed by atoms with E-state index in [2.05, 4.69) is 5.32 Å². The average Bonchev–Trinajstić information content (AvgIpc) is 2.45. The Morgan fingerprint density at radius 1 is 1.15 bits per heavy atom. The fourth-order valence-corrected chi connectivity index (χ4v) is 2.41. The summed E-state index contributed by atoms with van der Waals surface area (Å²) in [6.45, 7) is 0. The smallest absolute Gasteiger partial charge is 0.252 e. The number of halogens is 1. The largest absolute Gasteiger partial charge is 0.345 e. The summed E-state index contributed by atoms with van der Waals surface area (Å²) < 4.78 is 13.1. The Morgan fingerprint density at radius 3 is 2.85 bits per heavy atom. The van der Waals surface area contributed by atoms with Crippen molar-refractivity contribution in [3.63, 3.8) is 0 Å². The minimum atomic E-state index is -0.259. The van der Waals surface area contributed by atoms with Gasteiger partial charge in [-0.05, 0) is 35.7 Å². The van der Waals surface area contributed by atoms with E-state index in [0.29, 0.717) is 0 Å². The number of benzene rings is 2. The SMILES string of the molecule is O=C1N[C@@H](/C=C/c2cccc(F)c2)Cc2ccccc21. The molecular weight excluding hydrogens is 253 g/mol. The molecule has 0 aromatic heterocycles. The molecule has 0 unspecified atom stereocenters. The van der Waals surface area contributed by atoms with Gasteiger partial charge in [-0.15, -0.1) is 0 Å². The number of carbonyl (C=O) groups excluding carboxylic acids is 1. The molecule has 1 N–H and O–H groups in total. The molecular formula is C17H14FNO. The lowest BCUT2D eigenvalue weighted by Crippen LogP contribution is -2.39. The van der Waals surface area contributed by atoms with E-state index in [1.807, 2.05) is 42.5 Å². The first-order valence-corrected chi connectivity index (χ1v) is 6.55. The zero-order valence-electron chi connectivity index (χ0n) is 10.8. The summed E-state index contributed by atoms with van der Waals surface area (Å²) >= 11 is 0. The molecule has 3 heteroatoms. The number of rotatable bonds is 2. The summed E-state index contributed by atoms with van der Waals surface area (Å²) in [4.78, 5) is 12.0. The van der Waals surface area contributed by atoms with Crippen molar-refractivity contribution >= 4 is 12.0 Å². The Hall–Kier alpha value is -2.42. The maximum Gasteiger partial charge on any atom is 0.252 e. The zero-order valence-corrected chi connectivity index (χ0v) is 10.8. The molecule has 2 aromatic rings. The van der Waals surface area contributed by atoms with Crippen LogP contribution in [-0.4, -0.2) is 11.9 Å². The molecule has 20 heavy (non-hydrogen) atoms. The fourth-order valence-electron chi connectivity index (χ4n) is 2.41. The first-order valence-electron chi connectivity index (χ1n) is 6.55. The van der Waals surface area contributed by atoms with Crippen molar-refractivity contribution < 1.29 is 9.18 Å². The molecule has 2 aromatic carbocycles. The van der Waals surface area contributed by atoms with Gasteiger partial charge in [0, 0.05) is 5.56 Å². The Balaban J connectivity index is 1.79. The summed E-state index contributed by atoms with van der Waals surface area (Å²) in [7, 11) is 0. The summed E-state index contributed by atoms with van der Waals surface area (Å²) in [6.07, 6.45) is 4.50. The van der Waals surface area contributed by atoms with E-state index in [9.17, 15) is 9.18 Å². The van der Waals surface area contributed by atoms with Gasteiger partial charge in [0.1, 0.15) is 5.82 Å². The van der Waals surface area contributed by atoms with Crippen LogP contribution in [0.15, 0.2) is 54.6 Å². The molecule has 0 spiro atoms. The van der Waals surface area contributed by atoms with Crippen LogP contribution >= 0.6 is 0 Å². The molecule has 100 valence electrons. The topological polar surface area (TPSA) is 29.1 Å². The van der Waals surface area contributed by atoms with E-state index in [0.717, 1.165) is 23.1 Å². The summed E-state index contributed by atoms with van der Waals surface area (Å²) in [5.74, 6) is -0.314. The fraction of sp³-hybridized carbons (Fsp3) is 0.118. The van der Waals surface area contributed by atoms with Crippen molar-refractivity contribution in [2.45, 2.75) is 12.5 Å². The van der Waals surface area contributed by atoms with Gasteiger partial charge in [-0.1, -0.05) is 42.5 Å². The van der Waals surface area contributed by atoms with E-state index in [4.69, 9.17) is 0 Å². The molecule has 0 aliphatic carbocycles. The monoisotopic (exact) mass is 267 g/mol. The van der Waals surface area contributed by atoms with Crippen LogP contribution < -0.4 is 5.32 Å². The molecule has 1 aliphatic rings. The number of amides is 1. The summed E-state index contributed by atoms with van der Waals surface area (Å²) in [5.41, 5.74) is 2.58. The lowest BCUT2D eigenvalue weighted by Gasteiger charge is -2.23. The van der Waals surface area contributed by atoms with Gasteiger partial charge in [-0.2, -0.15) is 0 Å². The highest BCUT2D eigenvalue weighted by atomic mass is 19.1. The van der Waals surface area contributed by atoms with Gasteiger partial charge in [-0.25, -0.2) is 4.39 Å². The van der Waals surface area contributed by atoms with Crippen molar-refractivity contribution in [1.82, 2.24) is 5.32 Å². The van der Waals surface area contributed by atoms with E-state index in [-0.39, 0.29) is 17.8 Å². The Labute approximate surface area is 116 Å². The van der Waals surface area contributed by atoms with Crippen molar-refractivity contribution in [3.8, 4) is 0 Å². The lowest BCUT2D eigenvalue weighted by molar-refractivity contribution is 0.0934. The Morgan fingerprint density at radius 2 is 2.00 bits per heavy atom. The zero-order chi connectivity index (χ0) is 13.9. The number of nitrogens with one attached hydrogen (secondary N) is 1. The van der Waals surface area contributed by atoms with Gasteiger partial charge < -0.3 is 5.32 Å². The van der Waals surface area contributed by atoms with Crippen LogP contribution in [0.1, 0.15) is 21.5 Å². The summed E-state index contributed by atoms with van der Waals surface area (Å²) in [5, 5.41) is 2.94. The molecule has 0 saturated heterocycles. The van der Waals surface area contributed by atoms with Crippen LogP contribution in [0, 0.1) is 5.82 Å². The second-order valence-electron chi connectivity index (χ2n) is 4.86. The number of hydrogen-bond donors (Lipinski definition) is 1. The molecule has 0 bridgehead atoms. The van der Waals surface area contributed by atoms with Crippen LogP contribution in [0.5, 0.6) is 0 Å². The van der Waals surface area contributed by atoms with Crippen molar-refractivity contribution in [1.29, 1.82) is 0 Å². The van der Waals surface area contributed by atoms with Crippen LogP contribution in [0.3, 0.4) is 0 Å². The second kappa shape index (κ2) is 5.29. The third-order valence-electron chi connectivity index (χ3n) is 3.39. The summed E-state index contributed by atoms with van der Waals surface area (Å²) in [6, 6.07) is 13.9. The molecule has 2 nitrogen and oxygen atoms in total. The predicted molar refractivity (Wildman–Crippen MR) is 76.8 cm³/mol. The second-order valence-corrected chi connectivity index (χ2v) is 4.86. The molecule has 1 atom stereocenters. The van der Waals surface area contributed by atoms with E-state index < -0.39 is 0 Å². The maximum absolute atomic E-state index is 13.1. The number of carbonyl (C=O) groups is 1. The average molecular weight is 267 g/mol. The molecule has 1 amide bonds. The van der Waals surface area contributed by atoms with Crippen LogP contribution in [0.25, 0.3) is 6.08 Å². The lowest BCUT2D eigenvalue weighted by atomic mass is 9.95. The molecule has 0 fully saturated rings. The van der Waals surface area contributed by atoms with Crippen LogP contribution in [0.2, 0.25) is 0 Å². The maximum atomic E-state index is 13.1. The third kappa shape index (κ3) is 2.62. The highest BCUT2D eigenvalue weighted by Crippen LogP contribution is 2.17. The van der Waals surface area contributed by atoms with Crippen LogP contribution in [-0.2, 0) is 6.42 Å². The third-order valence-corrected chi connectivity index (χ3v) is 3.39. The van der Waals surface area contributed by atoms with Crippen molar-refractivity contribution in [2.24, 2.45) is 0 Å². The first-order chi connectivity index (χ1) is 9.72. The molecule has 0 radical (unpaired) electrons. The Kier molecular flexibility index (Phi) is 3.33. The van der Waals surface area contributed by atoms with Crippen LogP contribution in [0.4, 0.5) is 4.39 Å². The number of fused-ring (bicyclic) bond motifs is 1. The highest BCUT2D eigenvalue weighted by molar-refractivity contribution is 5.97. The van der Waals surface area contributed by atoms with Gasteiger partial charge in [0.05, 0.1) is 6.04 Å². The van der Waals surface area contributed by atoms with Gasteiger partial charge in [0.25, 0.3) is 5.91 Å². The first kappa shape index (κ1) is 12.6. The van der Waals surface area contributed by atoms with E-state index >= 15 is 0 Å². The van der Waals surface area contributed by atoms with Crippen molar-refractivity contribution in [2.75, 3.05) is 0 Å². The highest BCUT2D eigenvalue weighted by Gasteiger charge is 2.21. The number of hydrogen-bond acceptors (Lipinski definition) is 1. The normalized spacial score (nSPS) is 17.9. The molecule has 0 saturated carbocycles. The minimum Gasteiger partial charge on any atom is -0.345 e. The standard InChI is InChI=1S/C17H14FNO/c18-14-6-3-4-12(10-14)8-9-15-11-13-5-1-2-7-16(13)17(20)19-15/h1-10,15H,11H2,(H,19,20)/b9-8+/t15-/m0/s1. The minimum absolute atomic E-state index is 0.0549. The molecule has 3 rings (SSSR count). The quantitative estimate of drug-likeness (QED) is 0.889. The van der Waals surface area contributed by atoms with Crippen molar-refractivity contribution in [3.05, 3.63) is 77.1 Å². The van der Waals surface area contributed by atoms with E-state index in [1.165, 1.54) is 12.1 Å². The van der Waals surface area contributed by atoms with Gasteiger partial charge >= 0.3 is 0 Å². The van der Waals surface area contributed by atoms with Gasteiger partial charge in [0.2, 0.25) is 0 Å². The Bertz CT molecular complexity index is 678. The predicted octanol–water partition coefficient (Wildman–Crippen LogP) is 3.19. The van der Waals surface area contributed by atoms with Gasteiger partial charge in [-0.3, -0.25) is 4.79 Å². The molecule has 1 aliphatic heterocycles. The van der Waals surface area contributed by atoms with Gasteiger partial charge in [0.15, 0.2) is 0 Å².